The zero-order valence-electron chi connectivity index (χ0n) is 10.7. The van der Waals surface area contributed by atoms with Crippen LogP contribution >= 0.6 is 0 Å². The van der Waals surface area contributed by atoms with Crippen molar-refractivity contribution in [2.24, 2.45) is 5.92 Å². The number of hydrogen-bond donors (Lipinski definition) is 2. The first-order chi connectivity index (χ1) is 8.06. The third-order valence-corrected chi connectivity index (χ3v) is 3.40. The lowest BCUT2D eigenvalue weighted by Gasteiger charge is -2.26. The Morgan fingerprint density at radius 1 is 1.41 bits per heavy atom. The van der Waals surface area contributed by atoms with Gasteiger partial charge in [0.05, 0.1) is 0 Å². The molecular formula is C14H22N2O. The van der Waals surface area contributed by atoms with Crippen molar-refractivity contribution in [3.05, 3.63) is 23.8 Å². The number of nitrogens with zero attached hydrogens (tertiary/aromatic N) is 1. The summed E-state index contributed by atoms with van der Waals surface area (Å²) >= 11 is 0. The minimum atomic E-state index is 0.348. The predicted octanol–water partition coefficient (Wildman–Crippen LogP) is 2.59. The fourth-order valence-corrected chi connectivity index (χ4v) is 2.04. The summed E-state index contributed by atoms with van der Waals surface area (Å²) in [6.07, 6.45) is 2.71. The number of benzene rings is 1. The summed E-state index contributed by atoms with van der Waals surface area (Å²) in [5, 5.41) is 9.83. The standard InChI is InChI=1S/C14H22N2O/c1-10(2)16(8-11-3-4-11)9-12-7-13(15)5-6-14(12)17/h5-7,10-11,17H,3-4,8-9,15H2,1-2H3. The molecule has 0 amide bonds. The highest BCUT2D eigenvalue weighted by Crippen LogP contribution is 2.31. The quantitative estimate of drug-likeness (QED) is 0.608. The van der Waals surface area contributed by atoms with Crippen molar-refractivity contribution >= 4 is 5.69 Å². The molecule has 0 atom stereocenters. The Labute approximate surface area is 103 Å². The van der Waals surface area contributed by atoms with Gasteiger partial charge >= 0.3 is 0 Å². The van der Waals surface area contributed by atoms with Crippen molar-refractivity contribution in [3.63, 3.8) is 0 Å². The number of phenolic OH excluding ortho intramolecular Hbond substituents is 1. The lowest BCUT2D eigenvalue weighted by Crippen LogP contribution is -2.32. The molecule has 1 aliphatic carbocycles. The molecule has 0 bridgehead atoms. The Hall–Kier alpha value is -1.22. The second-order valence-corrected chi connectivity index (χ2v) is 5.35. The van der Waals surface area contributed by atoms with Gasteiger partial charge in [-0.1, -0.05) is 0 Å². The monoisotopic (exact) mass is 234 g/mol. The first kappa shape index (κ1) is 12.2. The van der Waals surface area contributed by atoms with Gasteiger partial charge in [0.2, 0.25) is 0 Å². The van der Waals surface area contributed by atoms with E-state index in [0.29, 0.717) is 17.5 Å². The van der Waals surface area contributed by atoms with Gasteiger partial charge in [0.1, 0.15) is 5.75 Å². The van der Waals surface area contributed by atoms with Crippen LogP contribution in [0.4, 0.5) is 5.69 Å². The zero-order chi connectivity index (χ0) is 12.4. The molecule has 1 aromatic rings. The summed E-state index contributed by atoms with van der Waals surface area (Å²) in [5.74, 6) is 1.21. The summed E-state index contributed by atoms with van der Waals surface area (Å²) in [5.41, 5.74) is 7.41. The minimum absolute atomic E-state index is 0.348. The molecule has 1 aromatic carbocycles. The highest BCUT2D eigenvalue weighted by molar-refractivity contribution is 5.47. The highest BCUT2D eigenvalue weighted by atomic mass is 16.3. The van der Waals surface area contributed by atoms with Crippen LogP contribution in [-0.4, -0.2) is 22.6 Å². The summed E-state index contributed by atoms with van der Waals surface area (Å²) in [7, 11) is 0. The molecule has 3 N–H and O–H groups in total. The van der Waals surface area contributed by atoms with Gasteiger partial charge < -0.3 is 10.8 Å². The second-order valence-electron chi connectivity index (χ2n) is 5.35. The molecule has 0 aliphatic heterocycles. The Kier molecular flexibility index (Phi) is 3.57. The molecule has 0 unspecified atom stereocenters. The van der Waals surface area contributed by atoms with Crippen molar-refractivity contribution in [1.82, 2.24) is 4.90 Å². The molecule has 0 spiro atoms. The number of nitrogen functional groups attached to an aromatic ring is 1. The van der Waals surface area contributed by atoms with Gasteiger partial charge in [-0.15, -0.1) is 0 Å². The van der Waals surface area contributed by atoms with Crippen molar-refractivity contribution in [2.75, 3.05) is 12.3 Å². The molecule has 1 aliphatic rings. The minimum Gasteiger partial charge on any atom is -0.508 e. The fourth-order valence-electron chi connectivity index (χ4n) is 2.04. The van der Waals surface area contributed by atoms with Gasteiger partial charge in [-0.3, -0.25) is 4.90 Å². The van der Waals surface area contributed by atoms with Gasteiger partial charge in [0.25, 0.3) is 0 Å². The van der Waals surface area contributed by atoms with Crippen molar-refractivity contribution in [1.29, 1.82) is 0 Å². The zero-order valence-corrected chi connectivity index (χ0v) is 10.7. The summed E-state index contributed by atoms with van der Waals surface area (Å²) in [4.78, 5) is 2.41. The molecule has 1 fully saturated rings. The van der Waals surface area contributed by atoms with E-state index in [1.165, 1.54) is 12.8 Å². The molecule has 17 heavy (non-hydrogen) atoms. The van der Waals surface area contributed by atoms with Crippen LogP contribution in [0.5, 0.6) is 5.75 Å². The highest BCUT2D eigenvalue weighted by Gasteiger charge is 2.25. The van der Waals surface area contributed by atoms with Crippen LogP contribution < -0.4 is 5.73 Å². The van der Waals surface area contributed by atoms with Gasteiger partial charge in [-0.05, 0) is 50.8 Å². The average molecular weight is 234 g/mol. The van der Waals surface area contributed by atoms with Gasteiger partial charge in [-0.2, -0.15) is 0 Å². The maximum atomic E-state index is 9.83. The average Bonchev–Trinajstić information content (AvgIpc) is 3.06. The third kappa shape index (κ3) is 3.37. The van der Waals surface area contributed by atoms with E-state index in [4.69, 9.17) is 5.73 Å². The topological polar surface area (TPSA) is 49.5 Å². The lowest BCUT2D eigenvalue weighted by molar-refractivity contribution is 0.201. The van der Waals surface area contributed by atoms with Crippen LogP contribution in [0.25, 0.3) is 0 Å². The molecule has 3 heteroatoms. The molecule has 0 heterocycles. The van der Waals surface area contributed by atoms with Crippen LogP contribution in [0.3, 0.4) is 0 Å². The number of rotatable bonds is 5. The number of hydrogen-bond acceptors (Lipinski definition) is 3. The molecule has 94 valence electrons. The van der Waals surface area contributed by atoms with E-state index < -0.39 is 0 Å². The van der Waals surface area contributed by atoms with E-state index in [1.54, 1.807) is 12.1 Å². The molecule has 1 saturated carbocycles. The first-order valence-electron chi connectivity index (χ1n) is 6.37. The largest absolute Gasteiger partial charge is 0.508 e. The summed E-state index contributed by atoms with van der Waals surface area (Å²) < 4.78 is 0. The lowest BCUT2D eigenvalue weighted by atomic mass is 10.1. The second kappa shape index (κ2) is 4.96. The number of phenols is 1. The summed E-state index contributed by atoms with van der Waals surface area (Å²) in [6, 6.07) is 5.79. The van der Waals surface area contributed by atoms with E-state index in [0.717, 1.165) is 24.6 Å². The van der Waals surface area contributed by atoms with Gasteiger partial charge in [0.15, 0.2) is 0 Å². The van der Waals surface area contributed by atoms with E-state index in [1.807, 2.05) is 6.07 Å². The Morgan fingerprint density at radius 3 is 2.71 bits per heavy atom. The van der Waals surface area contributed by atoms with Crippen LogP contribution in [-0.2, 0) is 6.54 Å². The van der Waals surface area contributed by atoms with Crippen molar-refractivity contribution < 1.29 is 5.11 Å². The Bertz CT molecular complexity index is 386. The smallest absolute Gasteiger partial charge is 0.120 e. The van der Waals surface area contributed by atoms with Crippen LogP contribution in [0, 0.1) is 5.92 Å². The third-order valence-electron chi connectivity index (χ3n) is 3.40. The fraction of sp³-hybridized carbons (Fsp3) is 0.571. The SMILES string of the molecule is CC(C)N(Cc1cc(N)ccc1O)CC1CC1. The van der Waals surface area contributed by atoms with Crippen LogP contribution in [0.1, 0.15) is 32.3 Å². The first-order valence-corrected chi connectivity index (χ1v) is 6.37. The van der Waals surface area contributed by atoms with Crippen molar-refractivity contribution in [2.45, 2.75) is 39.3 Å². The number of aromatic hydroxyl groups is 1. The van der Waals surface area contributed by atoms with E-state index in [-0.39, 0.29) is 0 Å². The molecule has 2 rings (SSSR count). The Morgan fingerprint density at radius 2 is 2.12 bits per heavy atom. The van der Waals surface area contributed by atoms with Gasteiger partial charge in [0, 0.05) is 30.4 Å². The molecule has 3 nitrogen and oxygen atoms in total. The van der Waals surface area contributed by atoms with E-state index in [2.05, 4.69) is 18.7 Å². The molecule has 0 radical (unpaired) electrons. The van der Waals surface area contributed by atoms with Crippen LogP contribution in [0.15, 0.2) is 18.2 Å². The Balaban J connectivity index is 2.07. The maximum absolute atomic E-state index is 9.83. The normalized spacial score (nSPS) is 15.8. The number of anilines is 1. The molecule has 0 aromatic heterocycles. The number of nitrogens with two attached hydrogens (primary N) is 1. The summed E-state index contributed by atoms with van der Waals surface area (Å²) in [6.45, 7) is 6.31. The maximum Gasteiger partial charge on any atom is 0.120 e. The van der Waals surface area contributed by atoms with Crippen LogP contribution in [0.2, 0.25) is 0 Å². The molecule has 0 saturated heterocycles. The van der Waals surface area contributed by atoms with Gasteiger partial charge in [-0.25, -0.2) is 0 Å². The predicted molar refractivity (Wildman–Crippen MR) is 70.8 cm³/mol. The van der Waals surface area contributed by atoms with E-state index in [9.17, 15) is 5.11 Å². The van der Waals surface area contributed by atoms with E-state index >= 15 is 0 Å². The van der Waals surface area contributed by atoms with Crippen molar-refractivity contribution in [3.8, 4) is 5.75 Å². The molecular weight excluding hydrogens is 212 g/mol.